The zero-order valence-corrected chi connectivity index (χ0v) is 27.0. The Kier molecular flexibility index (Phi) is 8.66. The summed E-state index contributed by atoms with van der Waals surface area (Å²) < 4.78 is 31.5. The molecule has 0 saturated carbocycles. The number of aliphatic hydroxyl groups is 1. The molecule has 0 spiro atoms. The number of para-hydroxylation sites is 1. The van der Waals surface area contributed by atoms with Crippen LogP contribution in [-0.2, 0) is 17.2 Å². The van der Waals surface area contributed by atoms with Gasteiger partial charge in [0.25, 0.3) is 5.91 Å². The Morgan fingerprint density at radius 1 is 0.958 bits per heavy atom. The molecule has 9 nitrogen and oxygen atoms in total. The third-order valence-corrected chi connectivity index (χ3v) is 9.85. The van der Waals surface area contributed by atoms with E-state index in [1.54, 1.807) is 54.6 Å². The van der Waals surface area contributed by atoms with Crippen LogP contribution in [0.1, 0.15) is 33.3 Å². The summed E-state index contributed by atoms with van der Waals surface area (Å²) in [6.07, 6.45) is 0. The summed E-state index contributed by atoms with van der Waals surface area (Å²) >= 11 is 2.50. The number of aromatic nitrogens is 2. The number of ketones is 1. The molecule has 1 aliphatic heterocycles. The normalized spacial score (nSPS) is 14.6. The molecule has 0 saturated heterocycles. The summed E-state index contributed by atoms with van der Waals surface area (Å²) in [5, 5.41) is 20.7. The Hall–Kier alpha value is -5.46. The number of halogens is 1. The maximum Gasteiger partial charge on any atom is 0.296 e. The Morgan fingerprint density at radius 3 is 2.50 bits per heavy atom. The topological polar surface area (TPSA) is 115 Å². The van der Waals surface area contributed by atoms with Crippen LogP contribution in [0, 0.1) is 5.82 Å². The van der Waals surface area contributed by atoms with Gasteiger partial charge in [-0.15, -0.1) is 10.2 Å². The van der Waals surface area contributed by atoms with Crippen molar-refractivity contribution in [3.05, 3.63) is 143 Å². The molecule has 0 aliphatic carbocycles. The number of amides is 1. The summed E-state index contributed by atoms with van der Waals surface area (Å²) in [5.74, 6) is -1.22. The fourth-order valence-electron chi connectivity index (χ4n) is 5.37. The zero-order valence-electron chi connectivity index (χ0n) is 25.3. The Balaban J connectivity index is 1.24. The molecule has 3 heterocycles. The van der Waals surface area contributed by atoms with Gasteiger partial charge in [0.1, 0.15) is 18.0 Å². The molecule has 1 atom stereocenters. The first kappa shape index (κ1) is 31.2. The van der Waals surface area contributed by atoms with Gasteiger partial charge in [-0.3, -0.25) is 14.5 Å². The summed E-state index contributed by atoms with van der Waals surface area (Å²) in [6.45, 7) is 0.296. The molecule has 1 aliphatic rings. The molecule has 240 valence electrons. The van der Waals surface area contributed by atoms with Gasteiger partial charge in [-0.05, 0) is 53.1 Å². The van der Waals surface area contributed by atoms with Crippen molar-refractivity contribution in [2.75, 3.05) is 12.0 Å². The van der Waals surface area contributed by atoms with Gasteiger partial charge in [0.2, 0.25) is 10.9 Å². The van der Waals surface area contributed by atoms with E-state index in [9.17, 15) is 19.1 Å². The van der Waals surface area contributed by atoms with Gasteiger partial charge in [-0.25, -0.2) is 4.39 Å². The van der Waals surface area contributed by atoms with Crippen LogP contribution in [0.3, 0.4) is 0 Å². The van der Waals surface area contributed by atoms with E-state index in [1.165, 1.54) is 35.9 Å². The van der Waals surface area contributed by atoms with Crippen molar-refractivity contribution in [1.29, 1.82) is 0 Å². The fraction of sp³-hybridized carbons (Fsp3) is 0.111. The van der Waals surface area contributed by atoms with Crippen LogP contribution in [0.5, 0.6) is 11.5 Å². The second-order valence-corrected chi connectivity index (χ2v) is 12.9. The molecule has 6 aromatic rings. The summed E-state index contributed by atoms with van der Waals surface area (Å²) in [6, 6.07) is 28.5. The maximum absolute atomic E-state index is 14.1. The molecule has 48 heavy (non-hydrogen) atoms. The first-order valence-electron chi connectivity index (χ1n) is 14.7. The molecule has 12 heteroatoms. The number of benzene rings is 4. The van der Waals surface area contributed by atoms with Gasteiger partial charge in [0, 0.05) is 11.1 Å². The lowest BCUT2D eigenvalue weighted by Crippen LogP contribution is -2.31. The monoisotopic (exact) mass is 679 g/mol. The highest BCUT2D eigenvalue weighted by Crippen LogP contribution is 2.46. The van der Waals surface area contributed by atoms with Crippen LogP contribution in [0.25, 0.3) is 11.0 Å². The Labute approximate surface area is 282 Å². The number of thioether (sulfide) groups is 1. The molecule has 1 unspecified atom stereocenters. The molecular formula is C36H26FN3O6S2. The quantitative estimate of drug-likeness (QED) is 0.0824. The molecule has 1 N–H and O–H groups in total. The number of fused-ring (bicyclic) bond motifs is 1. The predicted molar refractivity (Wildman–Crippen MR) is 180 cm³/mol. The Bertz CT molecular complexity index is 2130. The van der Waals surface area contributed by atoms with E-state index >= 15 is 0 Å². The second-order valence-electron chi connectivity index (χ2n) is 10.8. The van der Waals surface area contributed by atoms with Crippen molar-refractivity contribution in [3.63, 3.8) is 0 Å². The number of anilines is 1. The summed E-state index contributed by atoms with van der Waals surface area (Å²) in [5.41, 5.74) is 2.63. The fourth-order valence-corrected chi connectivity index (χ4v) is 7.19. The number of methoxy groups -OCH3 is 1. The molecular weight excluding hydrogens is 654 g/mol. The van der Waals surface area contributed by atoms with Crippen molar-refractivity contribution in [1.82, 2.24) is 10.2 Å². The molecule has 7 rings (SSSR count). The van der Waals surface area contributed by atoms with Crippen LogP contribution in [0.2, 0.25) is 0 Å². The van der Waals surface area contributed by atoms with Gasteiger partial charge in [-0.2, -0.15) is 0 Å². The molecule has 0 radical (unpaired) electrons. The highest BCUT2D eigenvalue weighted by atomic mass is 32.2. The summed E-state index contributed by atoms with van der Waals surface area (Å²) in [4.78, 5) is 29.1. The molecule has 1 amide bonds. The van der Waals surface area contributed by atoms with Gasteiger partial charge in [0.15, 0.2) is 27.4 Å². The average Bonchev–Trinajstić information content (AvgIpc) is 3.83. The van der Waals surface area contributed by atoms with Gasteiger partial charge in [0.05, 0.1) is 18.7 Å². The van der Waals surface area contributed by atoms with Gasteiger partial charge >= 0.3 is 0 Å². The molecule has 2 aromatic heterocycles. The number of hydrogen-bond donors (Lipinski definition) is 1. The van der Waals surface area contributed by atoms with Crippen LogP contribution >= 0.6 is 23.1 Å². The number of carbonyl (C=O) groups is 2. The first-order chi connectivity index (χ1) is 23.4. The van der Waals surface area contributed by atoms with Crippen LogP contribution in [0.15, 0.2) is 123 Å². The van der Waals surface area contributed by atoms with E-state index in [2.05, 4.69) is 10.2 Å². The van der Waals surface area contributed by atoms with E-state index in [-0.39, 0.29) is 22.3 Å². The van der Waals surface area contributed by atoms with Crippen LogP contribution in [0.4, 0.5) is 9.52 Å². The highest BCUT2D eigenvalue weighted by molar-refractivity contribution is 8.00. The van der Waals surface area contributed by atoms with Crippen molar-refractivity contribution in [2.24, 2.45) is 0 Å². The van der Waals surface area contributed by atoms with Gasteiger partial charge < -0.3 is 19.0 Å². The van der Waals surface area contributed by atoms with Crippen molar-refractivity contribution in [3.8, 4) is 11.5 Å². The SMILES string of the molecule is COc1cc(C2C(C(=O)c3cc4ccccc4o3)=C(O)C(=O)N2c2nnc(SCc3ccc(F)cc3)s2)ccc1OCc1ccccc1. The second kappa shape index (κ2) is 13.3. The minimum Gasteiger partial charge on any atom is -0.503 e. The zero-order chi connectivity index (χ0) is 33.2. The Morgan fingerprint density at radius 2 is 1.73 bits per heavy atom. The molecule has 0 bridgehead atoms. The number of hydrogen-bond acceptors (Lipinski definition) is 10. The number of Topliss-reactive ketones (excluding diaryl/α,β-unsaturated/α-hetero) is 1. The van der Waals surface area contributed by atoms with Gasteiger partial charge in [-0.1, -0.05) is 89.8 Å². The third kappa shape index (κ3) is 6.15. The van der Waals surface area contributed by atoms with Crippen molar-refractivity contribution < 1.29 is 33.0 Å². The largest absolute Gasteiger partial charge is 0.503 e. The first-order valence-corrected chi connectivity index (χ1v) is 16.5. The number of carbonyl (C=O) groups excluding carboxylic acids is 2. The lowest BCUT2D eigenvalue weighted by molar-refractivity contribution is -0.117. The molecule has 4 aromatic carbocycles. The predicted octanol–water partition coefficient (Wildman–Crippen LogP) is 8.09. The summed E-state index contributed by atoms with van der Waals surface area (Å²) in [7, 11) is 1.50. The number of furan rings is 1. The number of aliphatic hydroxyl groups excluding tert-OH is 1. The van der Waals surface area contributed by atoms with Crippen LogP contribution < -0.4 is 14.4 Å². The third-order valence-electron chi connectivity index (χ3n) is 7.72. The standard InChI is InChI=1S/C36H26FN3O6S2/c1-44-28-18-24(13-16-27(28)45-19-21-7-3-2-4-8-21)31-30(32(41)29-17-23-9-5-6-10-26(23)46-29)33(42)34(43)40(31)35-38-39-36(48-35)47-20-22-11-14-25(37)15-12-22/h2-18,31,42H,19-20H2,1H3. The van der Waals surface area contributed by atoms with E-state index in [1.807, 2.05) is 36.4 Å². The minimum absolute atomic E-state index is 0.0278. The van der Waals surface area contributed by atoms with Crippen LogP contribution in [-0.4, -0.2) is 34.1 Å². The smallest absolute Gasteiger partial charge is 0.296 e. The highest BCUT2D eigenvalue weighted by Gasteiger charge is 2.47. The number of rotatable bonds is 11. The van der Waals surface area contributed by atoms with E-state index < -0.39 is 23.5 Å². The van der Waals surface area contributed by atoms with Crippen molar-refractivity contribution in [2.45, 2.75) is 22.7 Å². The number of nitrogens with zero attached hydrogens (tertiary/aromatic N) is 3. The number of ether oxygens (including phenoxy) is 2. The minimum atomic E-state index is -1.10. The lowest BCUT2D eigenvalue weighted by Gasteiger charge is -2.24. The van der Waals surface area contributed by atoms with E-state index in [0.29, 0.717) is 44.7 Å². The lowest BCUT2D eigenvalue weighted by atomic mass is 9.95. The average molecular weight is 680 g/mol. The molecule has 0 fully saturated rings. The van der Waals surface area contributed by atoms with E-state index in [0.717, 1.165) is 22.5 Å². The van der Waals surface area contributed by atoms with Crippen molar-refractivity contribution >= 4 is 50.9 Å². The van der Waals surface area contributed by atoms with E-state index in [4.69, 9.17) is 13.9 Å². The maximum atomic E-state index is 14.1.